The van der Waals surface area contributed by atoms with Gasteiger partial charge in [-0.2, -0.15) is 8.42 Å². The highest BCUT2D eigenvalue weighted by atomic mass is 32.3. The number of carbonyl (C=O) groups is 2. The van der Waals surface area contributed by atoms with Crippen LogP contribution in [0.25, 0.3) is 0 Å². The van der Waals surface area contributed by atoms with Crippen molar-refractivity contribution in [2.24, 2.45) is 23.7 Å². The molecule has 0 amide bonds. The van der Waals surface area contributed by atoms with Crippen LogP contribution in [0.1, 0.15) is 94.9 Å². The molecule has 18 nitrogen and oxygen atoms in total. The van der Waals surface area contributed by atoms with Crippen LogP contribution in [0.5, 0.6) is 0 Å². The van der Waals surface area contributed by atoms with Gasteiger partial charge in [-0.25, -0.2) is 0 Å². The van der Waals surface area contributed by atoms with Crippen molar-refractivity contribution in [3.05, 3.63) is 0 Å². The number of ketones is 1. The zero-order chi connectivity index (χ0) is 44.2. The normalized spacial score (nSPS) is 45.7. The van der Waals surface area contributed by atoms with E-state index in [2.05, 4.69) is 0 Å². The number of esters is 1. The first kappa shape index (κ1) is 51.7. The molecule has 0 unspecified atom stereocenters. The number of hydrogen-bond acceptors (Lipinski definition) is 16. The van der Waals surface area contributed by atoms with Crippen molar-refractivity contribution in [3.63, 3.8) is 0 Å². The van der Waals surface area contributed by atoms with Crippen molar-refractivity contribution < 1.29 is 80.7 Å². The van der Waals surface area contributed by atoms with Crippen LogP contribution < -0.4 is 0 Å². The van der Waals surface area contributed by atoms with Crippen LogP contribution in [-0.2, 0) is 53.1 Å². The molecular formula is C38H71NO17S. The number of aliphatic hydroxyl groups is 4. The van der Waals surface area contributed by atoms with Crippen molar-refractivity contribution in [1.29, 1.82) is 0 Å². The van der Waals surface area contributed by atoms with Crippen LogP contribution in [0.2, 0.25) is 0 Å². The van der Waals surface area contributed by atoms with Gasteiger partial charge in [0.05, 0.1) is 47.6 Å². The van der Waals surface area contributed by atoms with E-state index in [0.29, 0.717) is 6.42 Å². The predicted octanol–water partition coefficient (Wildman–Crippen LogP) is 1.79. The fraction of sp³-hybridized carbons (Fsp3) is 0.947. The van der Waals surface area contributed by atoms with E-state index < -0.39 is 112 Å². The SMILES string of the molecule is CC[C@H]1OC(=O)[C@H](C)[C@@H](O[C@H]2C[C@@](C)(OC)[C@@H](O)[C@H](C)O2)[C@H](C)[C@@H](O[C@@H]2O[C@H](C)C[C@H](N(C)C)[C@H]2O)[C@](C)(OC)C[C@@H](C)C(=O)[C@H](C)[C@@H](O)[C@]1(C)O.O=S(=O)(O)O. The van der Waals surface area contributed by atoms with Crippen molar-refractivity contribution in [2.75, 3.05) is 28.3 Å². The molecule has 0 aliphatic carbocycles. The van der Waals surface area contributed by atoms with Gasteiger partial charge in [-0.05, 0) is 74.9 Å². The molecule has 0 aromatic carbocycles. The average molecular weight is 846 g/mol. The molecule has 3 heterocycles. The average Bonchev–Trinajstić information content (AvgIpc) is 3.11. The number of cyclic esters (lactones) is 1. The number of likely N-dealkylation sites (N-methyl/N-ethyl adjacent to an activating group) is 1. The fourth-order valence-electron chi connectivity index (χ4n) is 8.58. The number of hydrogen-bond donors (Lipinski definition) is 6. The third-order valence-corrected chi connectivity index (χ3v) is 12.3. The van der Waals surface area contributed by atoms with Crippen LogP contribution in [0.15, 0.2) is 0 Å². The number of aliphatic hydroxyl groups excluding tert-OH is 3. The maximum Gasteiger partial charge on any atom is 0.394 e. The first-order valence-corrected chi connectivity index (χ1v) is 21.0. The van der Waals surface area contributed by atoms with E-state index in [4.69, 9.17) is 50.7 Å². The minimum atomic E-state index is -4.67. The second kappa shape index (κ2) is 20.4. The van der Waals surface area contributed by atoms with Gasteiger partial charge in [0.1, 0.15) is 29.7 Å². The van der Waals surface area contributed by atoms with Gasteiger partial charge >= 0.3 is 16.4 Å². The Labute approximate surface area is 338 Å². The van der Waals surface area contributed by atoms with E-state index in [0.717, 1.165) is 0 Å². The molecule has 19 heteroatoms. The zero-order valence-corrected chi connectivity index (χ0v) is 36.8. The number of methoxy groups -OCH3 is 2. The molecule has 6 N–H and O–H groups in total. The van der Waals surface area contributed by atoms with Crippen molar-refractivity contribution in [2.45, 2.75) is 179 Å². The standard InChI is InChI=1S/C38H69NO13.H2O4S/c1-15-26-38(10,45)31(42)21(4)28(40)19(2)17-37(9,47-14)33(52-35-29(41)25(39(11)12)16-20(3)48-35)22(5)30(23(6)34(44)50-26)51-27-18-36(8,46-13)32(43)24(7)49-27;1-5(2,3)4/h19-27,29-33,35,41-43,45H,15-18H2,1-14H3;(H2,1,2,3,4)/t19-,20-,21+,22+,23-,24+,25+,26-,27+,29-,30+,31-,32+,33-,35+,36-,37-,38-;/m1./s1. The van der Waals surface area contributed by atoms with Gasteiger partial charge in [0.2, 0.25) is 0 Å². The van der Waals surface area contributed by atoms with Crippen LogP contribution in [0.4, 0.5) is 0 Å². The highest BCUT2D eigenvalue weighted by Crippen LogP contribution is 2.41. The van der Waals surface area contributed by atoms with Crippen LogP contribution in [0.3, 0.4) is 0 Å². The highest BCUT2D eigenvalue weighted by molar-refractivity contribution is 7.79. The summed E-state index contributed by atoms with van der Waals surface area (Å²) in [5.74, 6) is -4.47. The van der Waals surface area contributed by atoms with E-state index in [1.807, 2.05) is 32.8 Å². The van der Waals surface area contributed by atoms with Gasteiger partial charge in [-0.15, -0.1) is 0 Å². The van der Waals surface area contributed by atoms with Gasteiger partial charge < -0.3 is 58.5 Å². The first-order valence-electron chi connectivity index (χ1n) is 19.6. The summed E-state index contributed by atoms with van der Waals surface area (Å²) in [5.41, 5.74) is -4.24. The largest absolute Gasteiger partial charge is 0.459 e. The monoisotopic (exact) mass is 845 g/mol. The summed E-state index contributed by atoms with van der Waals surface area (Å²) in [7, 11) is 2.10. The van der Waals surface area contributed by atoms with Gasteiger partial charge in [0.15, 0.2) is 12.6 Å². The van der Waals surface area contributed by atoms with Gasteiger partial charge in [0.25, 0.3) is 0 Å². The second-order valence-electron chi connectivity index (χ2n) is 17.1. The van der Waals surface area contributed by atoms with Crippen LogP contribution in [-0.4, -0.2) is 167 Å². The third kappa shape index (κ3) is 12.8. The predicted molar refractivity (Wildman–Crippen MR) is 205 cm³/mol. The number of rotatable bonds is 8. The number of nitrogens with zero attached hydrogens (tertiary/aromatic N) is 1. The fourth-order valence-corrected chi connectivity index (χ4v) is 8.58. The molecular weight excluding hydrogens is 774 g/mol. The number of ether oxygens (including phenoxy) is 7. The summed E-state index contributed by atoms with van der Waals surface area (Å²) in [4.78, 5) is 30.1. The minimum Gasteiger partial charge on any atom is -0.459 e. The van der Waals surface area contributed by atoms with E-state index in [1.54, 1.807) is 48.5 Å². The van der Waals surface area contributed by atoms with Crippen molar-refractivity contribution in [3.8, 4) is 0 Å². The van der Waals surface area contributed by atoms with Crippen molar-refractivity contribution >= 4 is 22.2 Å². The highest BCUT2D eigenvalue weighted by Gasteiger charge is 2.54. The summed E-state index contributed by atoms with van der Waals surface area (Å²) < 4.78 is 75.5. The molecule has 336 valence electrons. The molecule has 0 aromatic rings. The topological polar surface area (TPSA) is 258 Å². The Kier molecular flexibility index (Phi) is 18.5. The van der Waals surface area contributed by atoms with E-state index in [9.17, 15) is 30.0 Å². The molecule has 3 rings (SSSR count). The zero-order valence-electron chi connectivity index (χ0n) is 36.0. The maximum atomic E-state index is 14.2. The smallest absolute Gasteiger partial charge is 0.394 e. The Bertz CT molecular complexity index is 1410. The Morgan fingerprint density at radius 3 is 1.88 bits per heavy atom. The van der Waals surface area contributed by atoms with Crippen LogP contribution >= 0.6 is 0 Å². The maximum absolute atomic E-state index is 14.2. The Balaban J connectivity index is 0.00000210. The van der Waals surface area contributed by atoms with Gasteiger partial charge in [0, 0.05) is 44.4 Å². The molecule has 3 saturated heterocycles. The molecule has 3 aliphatic heterocycles. The third-order valence-electron chi connectivity index (χ3n) is 12.3. The summed E-state index contributed by atoms with van der Waals surface area (Å²) in [6.07, 6.45) is -8.73. The van der Waals surface area contributed by atoms with Gasteiger partial charge in [-0.1, -0.05) is 27.7 Å². The molecule has 0 saturated carbocycles. The molecule has 3 fully saturated rings. The van der Waals surface area contributed by atoms with E-state index >= 15 is 0 Å². The summed E-state index contributed by atoms with van der Waals surface area (Å²) in [5, 5.41) is 45.6. The van der Waals surface area contributed by atoms with Crippen LogP contribution in [0, 0.1) is 23.7 Å². The Morgan fingerprint density at radius 2 is 1.39 bits per heavy atom. The molecule has 0 aromatic heterocycles. The summed E-state index contributed by atoms with van der Waals surface area (Å²) >= 11 is 0. The quantitative estimate of drug-likeness (QED) is 0.150. The Hall–Kier alpha value is -1.43. The summed E-state index contributed by atoms with van der Waals surface area (Å²) in [6.45, 7) is 17.1. The number of carbonyl (C=O) groups excluding carboxylic acids is 2. The lowest BCUT2D eigenvalue weighted by Crippen LogP contribution is -2.61. The number of Topliss-reactive ketones (excluding diaryl/α,β-unsaturated/α-hetero) is 1. The lowest BCUT2D eigenvalue weighted by Gasteiger charge is -2.50. The lowest BCUT2D eigenvalue weighted by molar-refractivity contribution is -0.319. The lowest BCUT2D eigenvalue weighted by atomic mass is 9.74. The first-order chi connectivity index (χ1) is 26.0. The minimum absolute atomic E-state index is 0.111. The molecule has 0 spiro atoms. The molecule has 0 bridgehead atoms. The van der Waals surface area contributed by atoms with Gasteiger partial charge in [-0.3, -0.25) is 18.7 Å². The second-order valence-corrected chi connectivity index (χ2v) is 18.0. The summed E-state index contributed by atoms with van der Waals surface area (Å²) in [6, 6.07) is -0.283. The van der Waals surface area contributed by atoms with E-state index in [1.165, 1.54) is 21.1 Å². The Morgan fingerprint density at radius 1 is 0.842 bits per heavy atom. The molecule has 18 atom stereocenters. The molecule has 3 aliphatic rings. The van der Waals surface area contributed by atoms with E-state index in [-0.39, 0.29) is 37.2 Å². The molecule has 0 radical (unpaired) electrons. The molecule has 57 heavy (non-hydrogen) atoms. The van der Waals surface area contributed by atoms with Crippen molar-refractivity contribution in [1.82, 2.24) is 4.90 Å².